The zero-order valence-corrected chi connectivity index (χ0v) is 13.6. The molecule has 0 saturated carbocycles. The number of halogens is 1. The smallest absolute Gasteiger partial charge is 0.322 e. The number of nitrogens with one attached hydrogen (secondary N) is 1. The van der Waals surface area contributed by atoms with Gasteiger partial charge in [-0.2, -0.15) is 0 Å². The second-order valence-corrected chi connectivity index (χ2v) is 5.29. The zero-order valence-electron chi connectivity index (χ0n) is 12.8. The van der Waals surface area contributed by atoms with E-state index in [1.165, 1.54) is 12.0 Å². The third kappa shape index (κ3) is 4.61. The SMILES string of the molecule is COc1c(Cl)cccc1NC(=O)N(CCO)Cc1ccccc1. The van der Waals surface area contributed by atoms with Gasteiger partial charge in [0.2, 0.25) is 0 Å². The predicted octanol–water partition coefficient (Wildman–Crippen LogP) is 3.38. The summed E-state index contributed by atoms with van der Waals surface area (Å²) in [7, 11) is 1.49. The highest BCUT2D eigenvalue weighted by molar-refractivity contribution is 6.32. The molecule has 0 heterocycles. The molecule has 2 aromatic rings. The second-order valence-electron chi connectivity index (χ2n) is 4.88. The first-order valence-electron chi connectivity index (χ1n) is 7.19. The van der Waals surface area contributed by atoms with Crippen molar-refractivity contribution in [2.45, 2.75) is 6.54 Å². The average molecular weight is 335 g/mol. The molecule has 2 amide bonds. The van der Waals surface area contributed by atoms with Gasteiger partial charge in [-0.25, -0.2) is 4.79 Å². The van der Waals surface area contributed by atoms with Crippen LogP contribution in [0.3, 0.4) is 0 Å². The summed E-state index contributed by atoms with van der Waals surface area (Å²) in [5.41, 5.74) is 1.47. The number of aliphatic hydroxyl groups is 1. The normalized spacial score (nSPS) is 10.2. The number of hydrogen-bond donors (Lipinski definition) is 2. The molecule has 0 aliphatic carbocycles. The van der Waals surface area contributed by atoms with E-state index < -0.39 is 0 Å². The van der Waals surface area contributed by atoms with E-state index in [1.54, 1.807) is 18.2 Å². The third-order valence-electron chi connectivity index (χ3n) is 3.29. The number of anilines is 1. The fourth-order valence-corrected chi connectivity index (χ4v) is 2.44. The number of rotatable bonds is 6. The monoisotopic (exact) mass is 334 g/mol. The van der Waals surface area contributed by atoms with Crippen LogP contribution in [0.1, 0.15) is 5.56 Å². The highest BCUT2D eigenvalue weighted by Crippen LogP contribution is 2.32. The lowest BCUT2D eigenvalue weighted by atomic mass is 10.2. The Morgan fingerprint density at radius 1 is 1.22 bits per heavy atom. The van der Waals surface area contributed by atoms with Crippen molar-refractivity contribution < 1.29 is 14.6 Å². The van der Waals surface area contributed by atoms with Crippen LogP contribution in [-0.4, -0.2) is 36.3 Å². The number of benzene rings is 2. The molecule has 0 bridgehead atoms. The molecule has 0 saturated heterocycles. The molecule has 6 heteroatoms. The largest absolute Gasteiger partial charge is 0.493 e. The highest BCUT2D eigenvalue weighted by atomic mass is 35.5. The van der Waals surface area contributed by atoms with Gasteiger partial charge in [0.1, 0.15) is 0 Å². The molecular formula is C17H19ClN2O3. The number of methoxy groups -OCH3 is 1. The molecule has 0 aliphatic heterocycles. The second kappa shape index (κ2) is 8.41. The van der Waals surface area contributed by atoms with Crippen molar-refractivity contribution in [1.29, 1.82) is 0 Å². The van der Waals surface area contributed by atoms with Crippen molar-refractivity contribution in [2.75, 3.05) is 25.6 Å². The molecule has 2 N–H and O–H groups in total. The lowest BCUT2D eigenvalue weighted by Crippen LogP contribution is -2.36. The molecule has 122 valence electrons. The minimum absolute atomic E-state index is 0.118. The number of amides is 2. The number of aliphatic hydroxyl groups excluding tert-OH is 1. The highest BCUT2D eigenvalue weighted by Gasteiger charge is 2.16. The van der Waals surface area contributed by atoms with Gasteiger partial charge < -0.3 is 20.1 Å². The fourth-order valence-electron chi connectivity index (χ4n) is 2.19. The lowest BCUT2D eigenvalue weighted by molar-refractivity contribution is 0.185. The standard InChI is InChI=1S/C17H19ClN2O3/c1-23-16-14(18)8-5-9-15(16)19-17(22)20(10-11-21)12-13-6-3-2-4-7-13/h2-9,21H,10-12H2,1H3,(H,19,22). The number of ether oxygens (including phenoxy) is 1. The first-order chi connectivity index (χ1) is 11.2. The van der Waals surface area contributed by atoms with E-state index in [-0.39, 0.29) is 19.2 Å². The van der Waals surface area contributed by atoms with Crippen LogP contribution >= 0.6 is 11.6 Å². The van der Waals surface area contributed by atoms with E-state index in [0.29, 0.717) is 23.0 Å². The van der Waals surface area contributed by atoms with Crippen LogP contribution in [0.5, 0.6) is 5.75 Å². The van der Waals surface area contributed by atoms with Gasteiger partial charge in [-0.15, -0.1) is 0 Å². The summed E-state index contributed by atoms with van der Waals surface area (Å²) in [6, 6.07) is 14.4. The van der Waals surface area contributed by atoms with Gasteiger partial charge in [-0.3, -0.25) is 0 Å². The maximum atomic E-state index is 12.5. The Balaban J connectivity index is 2.14. The quantitative estimate of drug-likeness (QED) is 0.851. The Morgan fingerprint density at radius 3 is 2.61 bits per heavy atom. The van der Waals surface area contributed by atoms with E-state index in [9.17, 15) is 9.90 Å². The van der Waals surface area contributed by atoms with Gasteiger partial charge in [0.15, 0.2) is 5.75 Å². The zero-order chi connectivity index (χ0) is 16.7. The minimum atomic E-state index is -0.330. The first-order valence-corrected chi connectivity index (χ1v) is 7.56. The Labute approximate surface area is 140 Å². The topological polar surface area (TPSA) is 61.8 Å². The summed E-state index contributed by atoms with van der Waals surface area (Å²) >= 11 is 6.05. The third-order valence-corrected chi connectivity index (χ3v) is 3.58. The van der Waals surface area contributed by atoms with E-state index in [2.05, 4.69) is 5.32 Å². The van der Waals surface area contributed by atoms with Gasteiger partial charge in [0.05, 0.1) is 24.4 Å². The molecule has 0 aliphatic rings. The van der Waals surface area contributed by atoms with Crippen LogP contribution in [0.4, 0.5) is 10.5 Å². The van der Waals surface area contributed by atoms with Gasteiger partial charge >= 0.3 is 6.03 Å². The van der Waals surface area contributed by atoms with Crippen LogP contribution < -0.4 is 10.1 Å². The molecule has 2 aromatic carbocycles. The summed E-state index contributed by atoms with van der Waals surface area (Å²) < 4.78 is 5.22. The molecule has 0 aromatic heterocycles. The van der Waals surface area contributed by atoms with Gasteiger partial charge in [-0.05, 0) is 17.7 Å². The average Bonchev–Trinajstić information content (AvgIpc) is 2.55. The molecule has 5 nitrogen and oxygen atoms in total. The van der Waals surface area contributed by atoms with E-state index >= 15 is 0 Å². The van der Waals surface area contributed by atoms with Gasteiger partial charge in [-0.1, -0.05) is 48.0 Å². The number of urea groups is 1. The maximum absolute atomic E-state index is 12.5. The summed E-state index contributed by atoms with van der Waals surface area (Å²) in [5.74, 6) is 0.408. The Kier molecular flexibility index (Phi) is 6.26. The number of hydrogen-bond acceptors (Lipinski definition) is 3. The first kappa shape index (κ1) is 17.1. The minimum Gasteiger partial charge on any atom is -0.493 e. The number of nitrogens with zero attached hydrogens (tertiary/aromatic N) is 1. The van der Waals surface area contributed by atoms with Crippen molar-refractivity contribution in [3.63, 3.8) is 0 Å². The number of para-hydroxylation sites is 1. The van der Waals surface area contributed by atoms with Crippen molar-refractivity contribution in [3.8, 4) is 5.75 Å². The van der Waals surface area contributed by atoms with Crippen molar-refractivity contribution in [1.82, 2.24) is 4.90 Å². The molecule has 23 heavy (non-hydrogen) atoms. The van der Waals surface area contributed by atoms with E-state index in [1.807, 2.05) is 30.3 Å². The van der Waals surface area contributed by atoms with E-state index in [0.717, 1.165) is 5.56 Å². The molecule has 0 fully saturated rings. The summed E-state index contributed by atoms with van der Waals surface area (Å²) in [6.07, 6.45) is 0. The van der Waals surface area contributed by atoms with Crippen molar-refractivity contribution in [3.05, 3.63) is 59.1 Å². The predicted molar refractivity (Wildman–Crippen MR) is 91.0 cm³/mol. The molecule has 2 rings (SSSR count). The summed E-state index contributed by atoms with van der Waals surface area (Å²) in [6.45, 7) is 0.507. The number of carbonyl (C=O) groups is 1. The van der Waals surface area contributed by atoms with Crippen LogP contribution in [-0.2, 0) is 6.54 Å². The van der Waals surface area contributed by atoms with E-state index in [4.69, 9.17) is 16.3 Å². The van der Waals surface area contributed by atoms with Crippen LogP contribution in [0.25, 0.3) is 0 Å². The van der Waals surface area contributed by atoms with Crippen LogP contribution in [0.2, 0.25) is 5.02 Å². The molecule has 0 spiro atoms. The van der Waals surface area contributed by atoms with Crippen molar-refractivity contribution >= 4 is 23.3 Å². The Bertz CT molecular complexity index is 650. The molecular weight excluding hydrogens is 316 g/mol. The summed E-state index contributed by atoms with van der Waals surface area (Å²) in [5, 5.41) is 12.4. The lowest BCUT2D eigenvalue weighted by Gasteiger charge is -2.23. The van der Waals surface area contributed by atoms with Crippen LogP contribution in [0.15, 0.2) is 48.5 Å². The van der Waals surface area contributed by atoms with Gasteiger partial charge in [0, 0.05) is 13.1 Å². The van der Waals surface area contributed by atoms with Gasteiger partial charge in [0.25, 0.3) is 0 Å². The maximum Gasteiger partial charge on any atom is 0.322 e. The molecule has 0 radical (unpaired) electrons. The number of carbonyl (C=O) groups excluding carboxylic acids is 1. The van der Waals surface area contributed by atoms with Crippen LogP contribution in [0, 0.1) is 0 Å². The Morgan fingerprint density at radius 2 is 1.96 bits per heavy atom. The Hall–Kier alpha value is -2.24. The fraction of sp³-hybridized carbons (Fsp3) is 0.235. The summed E-state index contributed by atoms with van der Waals surface area (Å²) in [4.78, 5) is 14.0. The molecule has 0 atom stereocenters. The molecule has 0 unspecified atom stereocenters. The van der Waals surface area contributed by atoms with Crippen molar-refractivity contribution in [2.24, 2.45) is 0 Å².